The number of nitrogens with zero attached hydrogens (tertiary/aromatic N) is 4. The molecule has 0 aliphatic rings. The average Bonchev–Trinajstić information content (AvgIpc) is 2.91. The van der Waals surface area contributed by atoms with Crippen LogP contribution in [0.25, 0.3) is 11.2 Å². The fourth-order valence-electron chi connectivity index (χ4n) is 2.58. The number of methoxy groups -OCH3 is 1. The molecule has 8 nitrogen and oxygen atoms in total. The molecule has 0 spiro atoms. The summed E-state index contributed by atoms with van der Waals surface area (Å²) in [4.78, 5) is 29.4. The van der Waals surface area contributed by atoms with Crippen molar-refractivity contribution in [2.24, 2.45) is 12.8 Å². The number of imidazole rings is 1. The molecule has 0 fully saturated rings. The number of hydrogen-bond donors (Lipinski definition) is 1. The van der Waals surface area contributed by atoms with E-state index in [0.717, 1.165) is 10.4 Å². The molecule has 1 atom stereocenters. The Hall–Kier alpha value is -1.93. The summed E-state index contributed by atoms with van der Waals surface area (Å²) in [6.45, 7) is 5.00. The predicted octanol–water partition coefficient (Wildman–Crippen LogP) is -0.375. The van der Waals surface area contributed by atoms with Crippen LogP contribution in [0.3, 0.4) is 0 Å². The minimum Gasteiger partial charge on any atom is -0.383 e. The number of nitrogens with two attached hydrogens (primary N) is 1. The van der Waals surface area contributed by atoms with Crippen molar-refractivity contribution in [2.75, 3.05) is 20.3 Å². The largest absolute Gasteiger partial charge is 0.383 e. The van der Waals surface area contributed by atoms with E-state index in [2.05, 4.69) is 4.98 Å². The quantitative estimate of drug-likeness (QED) is 0.785. The maximum Gasteiger partial charge on any atom is 0.332 e. The van der Waals surface area contributed by atoms with Gasteiger partial charge in [-0.05, 0) is 6.92 Å². The van der Waals surface area contributed by atoms with Gasteiger partial charge in [0.1, 0.15) is 5.82 Å². The monoisotopic (exact) mass is 309 g/mol. The lowest BCUT2D eigenvalue weighted by Gasteiger charge is -2.15. The Kier molecular flexibility index (Phi) is 4.82. The summed E-state index contributed by atoms with van der Waals surface area (Å²) in [6, 6.07) is -0.0685. The Balaban J connectivity index is 2.90. The summed E-state index contributed by atoms with van der Waals surface area (Å²) >= 11 is 0. The standard InChI is InChI=1S/C14H23N5O3/c1-5-10-16-12-11(19(10)9(2)8-15)13(20)17(3)14(21)18(12)6-7-22-4/h9H,5-8,15H2,1-4H3. The van der Waals surface area contributed by atoms with E-state index in [1.165, 1.54) is 11.6 Å². The van der Waals surface area contributed by atoms with Crippen molar-refractivity contribution in [3.8, 4) is 0 Å². The minimum absolute atomic E-state index is 0.0685. The summed E-state index contributed by atoms with van der Waals surface area (Å²) in [5.74, 6) is 0.752. The van der Waals surface area contributed by atoms with E-state index in [0.29, 0.717) is 37.3 Å². The number of aromatic nitrogens is 4. The summed E-state index contributed by atoms with van der Waals surface area (Å²) in [5, 5.41) is 0. The maximum absolute atomic E-state index is 12.6. The van der Waals surface area contributed by atoms with Gasteiger partial charge in [-0.3, -0.25) is 13.9 Å². The van der Waals surface area contributed by atoms with Crippen molar-refractivity contribution in [2.45, 2.75) is 32.9 Å². The number of ether oxygens (including phenoxy) is 1. The molecule has 0 amide bonds. The normalized spacial score (nSPS) is 13.0. The van der Waals surface area contributed by atoms with Crippen LogP contribution < -0.4 is 17.0 Å². The van der Waals surface area contributed by atoms with E-state index in [1.807, 2.05) is 18.4 Å². The third-order valence-electron chi connectivity index (χ3n) is 3.86. The second kappa shape index (κ2) is 6.45. The van der Waals surface area contributed by atoms with Crippen molar-refractivity contribution >= 4 is 11.2 Å². The first-order valence-electron chi connectivity index (χ1n) is 7.37. The van der Waals surface area contributed by atoms with Crippen molar-refractivity contribution < 1.29 is 4.74 Å². The lowest BCUT2D eigenvalue weighted by Crippen LogP contribution is -2.39. The van der Waals surface area contributed by atoms with Gasteiger partial charge >= 0.3 is 5.69 Å². The van der Waals surface area contributed by atoms with Crippen molar-refractivity contribution in [3.05, 3.63) is 26.7 Å². The molecule has 0 aromatic carbocycles. The second-order valence-electron chi connectivity index (χ2n) is 5.30. The van der Waals surface area contributed by atoms with Gasteiger partial charge in [-0.25, -0.2) is 9.78 Å². The smallest absolute Gasteiger partial charge is 0.332 e. The third kappa shape index (κ3) is 2.48. The molecular weight excluding hydrogens is 286 g/mol. The molecule has 0 bridgehead atoms. The van der Waals surface area contributed by atoms with Gasteiger partial charge in [0, 0.05) is 33.2 Å². The Morgan fingerprint density at radius 2 is 2.05 bits per heavy atom. The van der Waals surface area contributed by atoms with Crippen LogP contribution in [0.4, 0.5) is 0 Å². The number of rotatable bonds is 6. The molecule has 2 aromatic heterocycles. The van der Waals surface area contributed by atoms with E-state index in [9.17, 15) is 9.59 Å². The molecule has 0 aliphatic carbocycles. The number of aryl methyl sites for hydroxylation is 1. The molecule has 122 valence electrons. The van der Waals surface area contributed by atoms with Crippen molar-refractivity contribution in [1.82, 2.24) is 18.7 Å². The highest BCUT2D eigenvalue weighted by Gasteiger charge is 2.21. The first-order valence-corrected chi connectivity index (χ1v) is 7.37. The van der Waals surface area contributed by atoms with Gasteiger partial charge in [0.15, 0.2) is 11.2 Å². The van der Waals surface area contributed by atoms with Gasteiger partial charge in [0.25, 0.3) is 5.56 Å². The lowest BCUT2D eigenvalue weighted by molar-refractivity contribution is 0.186. The first kappa shape index (κ1) is 16.4. The van der Waals surface area contributed by atoms with Crippen LogP contribution in [0.15, 0.2) is 9.59 Å². The zero-order chi connectivity index (χ0) is 16.4. The molecule has 8 heteroatoms. The number of hydrogen-bond acceptors (Lipinski definition) is 5. The van der Waals surface area contributed by atoms with Crippen LogP contribution in [-0.2, 0) is 24.8 Å². The summed E-state index contributed by atoms with van der Waals surface area (Å²) in [6.07, 6.45) is 0.653. The molecule has 0 radical (unpaired) electrons. The Morgan fingerprint density at radius 1 is 1.36 bits per heavy atom. The highest BCUT2D eigenvalue weighted by molar-refractivity contribution is 5.71. The van der Waals surface area contributed by atoms with Gasteiger partial charge < -0.3 is 15.0 Å². The molecule has 2 rings (SSSR count). The summed E-state index contributed by atoms with van der Waals surface area (Å²) < 4.78 is 9.49. The van der Waals surface area contributed by atoms with Gasteiger partial charge in [-0.1, -0.05) is 6.92 Å². The van der Waals surface area contributed by atoms with Gasteiger partial charge in [-0.15, -0.1) is 0 Å². The zero-order valence-electron chi connectivity index (χ0n) is 13.5. The van der Waals surface area contributed by atoms with E-state index in [-0.39, 0.29) is 17.3 Å². The van der Waals surface area contributed by atoms with E-state index < -0.39 is 0 Å². The second-order valence-corrected chi connectivity index (χ2v) is 5.30. The van der Waals surface area contributed by atoms with Crippen LogP contribution in [0.1, 0.15) is 25.7 Å². The maximum atomic E-state index is 12.6. The minimum atomic E-state index is -0.387. The number of fused-ring (bicyclic) bond motifs is 1. The average molecular weight is 309 g/mol. The molecule has 22 heavy (non-hydrogen) atoms. The topological polar surface area (TPSA) is 97.1 Å². The predicted molar refractivity (Wildman–Crippen MR) is 84.3 cm³/mol. The SMILES string of the molecule is CCc1nc2c(c(=O)n(C)c(=O)n2CCOC)n1C(C)CN. The Bertz CT molecular complexity index is 786. The highest BCUT2D eigenvalue weighted by Crippen LogP contribution is 2.17. The Morgan fingerprint density at radius 3 is 2.59 bits per heavy atom. The zero-order valence-corrected chi connectivity index (χ0v) is 13.5. The van der Waals surface area contributed by atoms with Crippen LogP contribution in [0.5, 0.6) is 0 Å². The molecule has 0 aliphatic heterocycles. The summed E-state index contributed by atoms with van der Waals surface area (Å²) in [7, 11) is 3.04. The van der Waals surface area contributed by atoms with E-state index in [4.69, 9.17) is 10.5 Å². The Labute approximate surface area is 128 Å². The van der Waals surface area contributed by atoms with Crippen LogP contribution >= 0.6 is 0 Å². The van der Waals surface area contributed by atoms with E-state index >= 15 is 0 Å². The van der Waals surface area contributed by atoms with Crippen LogP contribution in [0, 0.1) is 0 Å². The molecule has 2 heterocycles. The van der Waals surface area contributed by atoms with Gasteiger partial charge in [0.05, 0.1) is 13.2 Å². The van der Waals surface area contributed by atoms with Crippen LogP contribution in [-0.4, -0.2) is 38.9 Å². The molecule has 2 N–H and O–H groups in total. The van der Waals surface area contributed by atoms with Crippen molar-refractivity contribution in [3.63, 3.8) is 0 Å². The fourth-order valence-corrected chi connectivity index (χ4v) is 2.58. The van der Waals surface area contributed by atoms with Gasteiger partial charge in [-0.2, -0.15) is 0 Å². The fraction of sp³-hybridized carbons (Fsp3) is 0.643. The molecule has 0 saturated carbocycles. The van der Waals surface area contributed by atoms with E-state index in [1.54, 1.807) is 7.11 Å². The molecule has 1 unspecified atom stereocenters. The van der Waals surface area contributed by atoms with Crippen LogP contribution in [0.2, 0.25) is 0 Å². The molecule has 0 saturated heterocycles. The highest BCUT2D eigenvalue weighted by atomic mass is 16.5. The lowest BCUT2D eigenvalue weighted by atomic mass is 10.3. The van der Waals surface area contributed by atoms with Gasteiger partial charge in [0.2, 0.25) is 0 Å². The first-order chi connectivity index (χ1) is 10.5. The third-order valence-corrected chi connectivity index (χ3v) is 3.86. The molecule has 2 aromatic rings. The molecular formula is C14H23N5O3. The summed E-state index contributed by atoms with van der Waals surface area (Å²) in [5.41, 5.74) is 5.86. The van der Waals surface area contributed by atoms with Crippen molar-refractivity contribution in [1.29, 1.82) is 0 Å².